The number of piperidine rings is 1. The van der Waals surface area contributed by atoms with Crippen LogP contribution in [0, 0.1) is 17.0 Å². The minimum absolute atomic E-state index is 0.0320. The summed E-state index contributed by atoms with van der Waals surface area (Å²) >= 11 is 5.90. The lowest BCUT2D eigenvalue weighted by Crippen LogP contribution is -2.50. The van der Waals surface area contributed by atoms with E-state index in [4.69, 9.17) is 11.6 Å². The number of carboxylic acids is 1. The van der Waals surface area contributed by atoms with Gasteiger partial charge in [-0.25, -0.2) is 13.8 Å². The topological polar surface area (TPSA) is 77.8 Å². The highest BCUT2D eigenvalue weighted by Gasteiger charge is 2.45. The van der Waals surface area contributed by atoms with Crippen molar-refractivity contribution in [3.05, 3.63) is 70.4 Å². The number of amidine groups is 1. The number of anilines is 1. The normalized spacial score (nSPS) is 22.9. The lowest BCUT2D eigenvalue weighted by Gasteiger charge is -2.43. The average molecular weight is 475 g/mol. The standard InChI is InChI=1S/C24H25ClF2N4O2/c1-15-12-24(23(32)33,9-11-31(15)14-16-4-2-5-17(25)22(16)27)13-19-18(26)7-8-21(29-19)30-20-6-3-10-28-20/h2-8,15H,9-14H2,1H3,(H,32,33)(H,28,29,30). The van der Waals surface area contributed by atoms with Gasteiger partial charge in [0.2, 0.25) is 0 Å². The maximum Gasteiger partial charge on any atom is 0.310 e. The summed E-state index contributed by atoms with van der Waals surface area (Å²) in [5, 5.41) is 13.2. The van der Waals surface area contributed by atoms with Gasteiger partial charge in [0, 0.05) is 24.6 Å². The van der Waals surface area contributed by atoms with Crippen LogP contribution in [0.4, 0.5) is 14.6 Å². The second kappa shape index (κ2) is 9.57. The molecule has 2 aromatic rings. The molecule has 0 aliphatic carbocycles. The quantitative estimate of drug-likeness (QED) is 0.635. The van der Waals surface area contributed by atoms with Gasteiger partial charge in [-0.2, -0.15) is 0 Å². The van der Waals surface area contributed by atoms with Gasteiger partial charge < -0.3 is 10.4 Å². The highest BCUT2D eigenvalue weighted by atomic mass is 35.5. The molecule has 2 N–H and O–H groups in total. The molecule has 1 fully saturated rings. The summed E-state index contributed by atoms with van der Waals surface area (Å²) in [6.45, 7) is 3.24. The maximum absolute atomic E-state index is 14.6. The monoisotopic (exact) mass is 474 g/mol. The van der Waals surface area contributed by atoms with Gasteiger partial charge >= 0.3 is 5.97 Å². The Balaban J connectivity index is 1.51. The Morgan fingerprint density at radius 2 is 2.15 bits per heavy atom. The summed E-state index contributed by atoms with van der Waals surface area (Å²) in [6, 6.07) is 7.50. The van der Waals surface area contributed by atoms with Crippen molar-refractivity contribution in [2.75, 3.05) is 18.4 Å². The molecule has 1 aromatic carbocycles. The van der Waals surface area contributed by atoms with Crippen LogP contribution in [-0.4, -0.2) is 45.9 Å². The first-order valence-corrected chi connectivity index (χ1v) is 11.2. The third-order valence-corrected chi connectivity index (χ3v) is 6.66. The first-order chi connectivity index (χ1) is 15.8. The number of aromatic nitrogens is 1. The van der Waals surface area contributed by atoms with Crippen LogP contribution < -0.4 is 5.32 Å². The van der Waals surface area contributed by atoms with Crippen molar-refractivity contribution in [3.63, 3.8) is 0 Å². The average Bonchev–Trinajstić information content (AvgIpc) is 3.28. The molecule has 0 radical (unpaired) electrons. The fraction of sp³-hybridized carbons (Fsp3) is 0.375. The molecule has 2 unspecified atom stereocenters. The Labute approximate surface area is 196 Å². The van der Waals surface area contributed by atoms with Crippen LogP contribution in [0.1, 0.15) is 31.0 Å². The van der Waals surface area contributed by atoms with Crippen molar-refractivity contribution in [3.8, 4) is 0 Å². The maximum atomic E-state index is 14.6. The van der Waals surface area contributed by atoms with E-state index in [2.05, 4.69) is 15.3 Å². The number of carbonyl (C=O) groups is 1. The molecule has 0 bridgehead atoms. The first kappa shape index (κ1) is 23.3. The molecule has 33 heavy (non-hydrogen) atoms. The number of rotatable bonds is 6. The molecule has 3 heterocycles. The summed E-state index contributed by atoms with van der Waals surface area (Å²) in [5.41, 5.74) is -0.598. The van der Waals surface area contributed by atoms with Gasteiger partial charge in [0.05, 0.1) is 22.7 Å². The zero-order chi connectivity index (χ0) is 23.6. The van der Waals surface area contributed by atoms with Gasteiger partial charge in [-0.15, -0.1) is 0 Å². The lowest BCUT2D eigenvalue weighted by molar-refractivity contribution is -0.153. The zero-order valence-electron chi connectivity index (χ0n) is 18.2. The number of pyridine rings is 1. The molecule has 6 nitrogen and oxygen atoms in total. The molecule has 2 aliphatic heterocycles. The van der Waals surface area contributed by atoms with E-state index in [9.17, 15) is 18.7 Å². The predicted octanol–water partition coefficient (Wildman–Crippen LogP) is 4.69. The number of hydrogen-bond donors (Lipinski definition) is 2. The van der Waals surface area contributed by atoms with E-state index in [1.54, 1.807) is 12.1 Å². The van der Waals surface area contributed by atoms with Gasteiger partial charge in [-0.3, -0.25) is 14.7 Å². The fourth-order valence-corrected chi connectivity index (χ4v) is 4.70. The molecule has 2 aliphatic rings. The van der Waals surface area contributed by atoms with Crippen molar-refractivity contribution in [2.24, 2.45) is 10.4 Å². The van der Waals surface area contributed by atoms with Crippen molar-refractivity contribution in [1.82, 2.24) is 9.88 Å². The number of benzene rings is 1. The highest BCUT2D eigenvalue weighted by Crippen LogP contribution is 2.39. The van der Waals surface area contributed by atoms with Crippen LogP contribution in [0.15, 0.2) is 47.5 Å². The van der Waals surface area contributed by atoms with Crippen LogP contribution in [0.3, 0.4) is 0 Å². The number of nitrogens with zero attached hydrogens (tertiary/aromatic N) is 3. The van der Waals surface area contributed by atoms with Gasteiger partial charge in [0.25, 0.3) is 0 Å². The van der Waals surface area contributed by atoms with Crippen molar-refractivity contribution >= 4 is 29.2 Å². The third kappa shape index (κ3) is 5.07. The highest BCUT2D eigenvalue weighted by molar-refractivity contribution is 6.30. The van der Waals surface area contributed by atoms with E-state index < -0.39 is 23.0 Å². The number of carboxylic acid groups (broad SMARTS) is 1. The van der Waals surface area contributed by atoms with E-state index in [1.807, 2.05) is 24.0 Å². The molecule has 9 heteroatoms. The summed E-state index contributed by atoms with van der Waals surface area (Å²) in [7, 11) is 0. The van der Waals surface area contributed by atoms with Crippen LogP contribution >= 0.6 is 11.6 Å². The Hall–Kier alpha value is -2.84. The van der Waals surface area contributed by atoms with Crippen molar-refractivity contribution in [1.29, 1.82) is 0 Å². The molecule has 0 amide bonds. The molecule has 174 valence electrons. The molecule has 0 spiro atoms. The second-order valence-corrected chi connectivity index (χ2v) is 9.03. The molecular formula is C24H25ClF2N4O2. The Bertz CT molecular complexity index is 1120. The zero-order valence-corrected chi connectivity index (χ0v) is 18.9. The van der Waals surface area contributed by atoms with E-state index >= 15 is 0 Å². The van der Waals surface area contributed by atoms with Gasteiger partial charge in [0.1, 0.15) is 23.3 Å². The summed E-state index contributed by atoms with van der Waals surface area (Å²) in [6.07, 6.45) is 4.25. The Morgan fingerprint density at radius 3 is 2.85 bits per heavy atom. The van der Waals surface area contributed by atoms with Crippen LogP contribution in [-0.2, 0) is 17.8 Å². The predicted molar refractivity (Wildman–Crippen MR) is 124 cm³/mol. The summed E-state index contributed by atoms with van der Waals surface area (Å²) in [5.74, 6) is -0.937. The fourth-order valence-electron chi connectivity index (χ4n) is 4.51. The van der Waals surface area contributed by atoms with Crippen molar-refractivity contribution in [2.45, 2.75) is 38.8 Å². The van der Waals surface area contributed by atoms with Crippen LogP contribution in [0.2, 0.25) is 5.02 Å². The largest absolute Gasteiger partial charge is 0.481 e. The number of likely N-dealkylation sites (tertiary alicyclic amines) is 1. The summed E-state index contributed by atoms with van der Waals surface area (Å²) < 4.78 is 29.0. The van der Waals surface area contributed by atoms with Gasteiger partial charge in [0.15, 0.2) is 0 Å². The van der Waals surface area contributed by atoms with Crippen molar-refractivity contribution < 1.29 is 18.7 Å². The molecule has 1 saturated heterocycles. The second-order valence-electron chi connectivity index (χ2n) is 8.63. The third-order valence-electron chi connectivity index (χ3n) is 6.37. The molecule has 2 atom stereocenters. The van der Waals surface area contributed by atoms with E-state index in [0.717, 1.165) is 0 Å². The smallest absolute Gasteiger partial charge is 0.310 e. The Morgan fingerprint density at radius 1 is 1.33 bits per heavy atom. The lowest BCUT2D eigenvalue weighted by atomic mass is 9.72. The van der Waals surface area contributed by atoms with E-state index in [0.29, 0.717) is 49.7 Å². The van der Waals surface area contributed by atoms with Crippen LogP contribution in [0.5, 0.6) is 0 Å². The molecule has 0 saturated carbocycles. The molecular weight excluding hydrogens is 450 g/mol. The van der Waals surface area contributed by atoms with E-state index in [-0.39, 0.29) is 23.2 Å². The van der Waals surface area contributed by atoms with Crippen LogP contribution in [0.25, 0.3) is 0 Å². The number of aliphatic carboxylic acids is 1. The first-order valence-electron chi connectivity index (χ1n) is 10.8. The number of halogens is 3. The number of aliphatic imine (C=N–C) groups is 1. The number of hydrogen-bond acceptors (Lipinski definition) is 5. The molecule has 4 rings (SSSR count). The van der Waals surface area contributed by atoms with Gasteiger partial charge in [-0.1, -0.05) is 29.8 Å². The minimum Gasteiger partial charge on any atom is -0.481 e. The van der Waals surface area contributed by atoms with E-state index in [1.165, 1.54) is 18.2 Å². The minimum atomic E-state index is -1.17. The SMILES string of the molecule is CC1CC(Cc2nc(NC3=NCC=C3)ccc2F)(C(=O)O)CCN1Cc1cccc(Cl)c1F. The van der Waals surface area contributed by atoms with Gasteiger partial charge in [-0.05, 0) is 50.6 Å². The number of nitrogens with one attached hydrogen (secondary N) is 1. The molecule has 1 aromatic heterocycles. The Kier molecular flexibility index (Phi) is 6.76. The summed E-state index contributed by atoms with van der Waals surface area (Å²) in [4.78, 5) is 23.0.